The van der Waals surface area contributed by atoms with Gasteiger partial charge in [0, 0.05) is 6.07 Å². The largest absolute Gasteiger partial charge is 0.318 e. The number of aryl methyl sites for hydroxylation is 1. The minimum Gasteiger partial charge on any atom is -0.318 e. The lowest BCUT2D eigenvalue weighted by Crippen LogP contribution is -2.16. The van der Waals surface area contributed by atoms with Gasteiger partial charge in [-0.25, -0.2) is 13.1 Å². The van der Waals surface area contributed by atoms with Crippen LogP contribution in [0.4, 0.5) is 17.3 Å². The first-order valence-corrected chi connectivity index (χ1v) is 6.83. The Hall–Kier alpha value is -2.80. The van der Waals surface area contributed by atoms with E-state index in [4.69, 9.17) is 5.84 Å². The number of hydrazine groups is 1. The van der Waals surface area contributed by atoms with Gasteiger partial charge in [0.05, 0.1) is 16.9 Å². The Kier molecular flexibility index (Phi) is 3.68. The summed E-state index contributed by atoms with van der Waals surface area (Å²) >= 11 is 0. The number of nitrogens with one attached hydrogen (secondary N) is 2. The predicted octanol–water partition coefficient (Wildman–Crippen LogP) is -0.795. The molecule has 2 rings (SSSR count). The molecule has 112 valence electrons. The highest BCUT2D eigenvalue weighted by Gasteiger charge is 2.21. The van der Waals surface area contributed by atoms with Gasteiger partial charge in [-0.3, -0.25) is 16.0 Å². The zero-order valence-corrected chi connectivity index (χ0v) is 11.4. The number of nitro groups is 1. The van der Waals surface area contributed by atoms with E-state index >= 15 is 0 Å². The van der Waals surface area contributed by atoms with Gasteiger partial charge in [0.2, 0.25) is 0 Å². The Bertz CT molecular complexity index is 785. The Labute approximate surface area is 118 Å². The van der Waals surface area contributed by atoms with Crippen LogP contribution >= 0.6 is 0 Å². The average molecular weight is 314 g/mol. The minimum absolute atomic E-state index is 0.144. The van der Waals surface area contributed by atoms with Crippen LogP contribution < -0.4 is 16.0 Å². The number of nitro benzene ring substituents is 1. The van der Waals surface area contributed by atoms with Crippen LogP contribution in [0.25, 0.3) is 0 Å². The maximum Gasteiger partial charge on any atom is 0.293 e. The number of nitrogens with zero attached hydrogens (tertiary/aromatic N) is 5. The van der Waals surface area contributed by atoms with Gasteiger partial charge in [-0.1, -0.05) is 5.10 Å². The molecule has 13 heteroatoms. The van der Waals surface area contributed by atoms with E-state index in [1.807, 2.05) is 0 Å². The molecule has 0 unspecified atom stereocenters. The summed E-state index contributed by atoms with van der Waals surface area (Å²) in [6.07, 6.45) is 0. The Morgan fingerprint density at radius 2 is 2.14 bits per heavy atom. The molecule has 0 aliphatic heterocycles. The number of benzene rings is 1. The van der Waals surface area contributed by atoms with Crippen molar-refractivity contribution in [2.24, 2.45) is 12.9 Å². The fourth-order valence-corrected chi connectivity index (χ4v) is 2.42. The highest BCUT2D eigenvalue weighted by molar-refractivity contribution is 7.92. The lowest BCUT2D eigenvalue weighted by atomic mass is 10.3. The number of hydrogen-bond acceptors (Lipinski definition) is 9. The molecule has 2 aromatic rings. The zero-order valence-electron chi connectivity index (χ0n) is 10.6. The predicted molar refractivity (Wildman–Crippen MR) is 70.5 cm³/mol. The van der Waals surface area contributed by atoms with Gasteiger partial charge in [-0.2, -0.15) is 4.80 Å². The van der Waals surface area contributed by atoms with Crippen molar-refractivity contribution in [3.63, 3.8) is 0 Å². The molecule has 0 atom stereocenters. The van der Waals surface area contributed by atoms with Gasteiger partial charge < -0.3 is 5.43 Å². The van der Waals surface area contributed by atoms with Gasteiger partial charge >= 0.3 is 0 Å². The third-order valence-electron chi connectivity index (χ3n) is 2.36. The van der Waals surface area contributed by atoms with E-state index in [1.165, 1.54) is 7.05 Å². The molecular formula is C8H10N8O4S. The van der Waals surface area contributed by atoms with Gasteiger partial charge in [0.25, 0.3) is 21.7 Å². The van der Waals surface area contributed by atoms with Crippen molar-refractivity contribution in [3.8, 4) is 0 Å². The van der Waals surface area contributed by atoms with E-state index in [2.05, 4.69) is 25.6 Å². The molecule has 0 aliphatic carbocycles. The molecule has 1 aromatic carbocycles. The van der Waals surface area contributed by atoms with E-state index in [-0.39, 0.29) is 22.2 Å². The van der Waals surface area contributed by atoms with Crippen LogP contribution in [-0.2, 0) is 17.1 Å². The van der Waals surface area contributed by atoms with Crippen molar-refractivity contribution < 1.29 is 13.3 Å². The van der Waals surface area contributed by atoms with E-state index in [0.717, 1.165) is 23.0 Å². The first-order valence-electron chi connectivity index (χ1n) is 5.35. The van der Waals surface area contributed by atoms with Crippen molar-refractivity contribution in [3.05, 3.63) is 28.3 Å². The number of aromatic nitrogens is 4. The van der Waals surface area contributed by atoms with Gasteiger partial charge in [-0.15, -0.1) is 5.10 Å². The summed E-state index contributed by atoms with van der Waals surface area (Å²) in [6.45, 7) is 0. The maximum atomic E-state index is 12.1. The molecule has 0 radical (unpaired) electrons. The summed E-state index contributed by atoms with van der Waals surface area (Å²) in [6, 6.07) is 3.11. The van der Waals surface area contributed by atoms with Crippen LogP contribution in [0, 0.1) is 10.1 Å². The molecule has 0 spiro atoms. The van der Waals surface area contributed by atoms with Crippen molar-refractivity contribution in [1.29, 1.82) is 0 Å². The first-order chi connectivity index (χ1) is 9.83. The fourth-order valence-electron chi connectivity index (χ4n) is 1.46. The Morgan fingerprint density at radius 1 is 1.43 bits per heavy atom. The summed E-state index contributed by atoms with van der Waals surface area (Å²) in [5.41, 5.74) is 1.58. The molecule has 0 fully saturated rings. The Balaban J connectivity index is 2.38. The van der Waals surface area contributed by atoms with Crippen molar-refractivity contribution in [1.82, 2.24) is 20.2 Å². The maximum absolute atomic E-state index is 12.1. The SMILES string of the molecule is Cn1nnc(NS(=O)(=O)c2ccc([N+](=O)[O-])c(NN)c2)n1. The summed E-state index contributed by atoms with van der Waals surface area (Å²) < 4.78 is 26.3. The minimum atomic E-state index is -4.02. The lowest BCUT2D eigenvalue weighted by molar-refractivity contribution is -0.384. The standard InChI is InChI=1S/C8H10N8O4S/c1-15-12-8(11-14-15)13-21(19,20)5-2-3-7(16(17)18)6(4-5)10-9/h2-4,10H,9H2,1H3,(H,12,13). The molecule has 1 heterocycles. The molecule has 0 bridgehead atoms. The molecule has 1 aromatic heterocycles. The number of anilines is 2. The van der Waals surface area contributed by atoms with E-state index in [0.29, 0.717) is 0 Å². The fraction of sp³-hybridized carbons (Fsp3) is 0.125. The van der Waals surface area contributed by atoms with Crippen LogP contribution in [-0.4, -0.2) is 33.5 Å². The highest BCUT2D eigenvalue weighted by atomic mass is 32.2. The smallest absolute Gasteiger partial charge is 0.293 e. The number of nitrogen functional groups attached to an aromatic ring is 1. The molecule has 12 nitrogen and oxygen atoms in total. The van der Waals surface area contributed by atoms with Crippen LogP contribution in [0.1, 0.15) is 0 Å². The van der Waals surface area contributed by atoms with Crippen molar-refractivity contribution in [2.75, 3.05) is 10.1 Å². The quantitative estimate of drug-likeness (QED) is 0.363. The topological polar surface area (TPSA) is 171 Å². The summed E-state index contributed by atoms with van der Waals surface area (Å²) in [5, 5.41) is 21.4. The number of tetrazole rings is 1. The monoisotopic (exact) mass is 314 g/mol. The van der Waals surface area contributed by atoms with Gasteiger partial charge in [0.15, 0.2) is 0 Å². The number of rotatable bonds is 5. The van der Waals surface area contributed by atoms with Crippen LogP contribution in [0.3, 0.4) is 0 Å². The molecular weight excluding hydrogens is 304 g/mol. The normalized spacial score (nSPS) is 11.1. The van der Waals surface area contributed by atoms with E-state index in [9.17, 15) is 18.5 Å². The van der Waals surface area contributed by atoms with Crippen molar-refractivity contribution >= 4 is 27.3 Å². The molecule has 0 saturated heterocycles. The third kappa shape index (κ3) is 3.03. The molecule has 0 amide bonds. The third-order valence-corrected chi connectivity index (χ3v) is 3.69. The Morgan fingerprint density at radius 3 is 2.67 bits per heavy atom. The number of sulfonamides is 1. The average Bonchev–Trinajstić information content (AvgIpc) is 2.82. The molecule has 21 heavy (non-hydrogen) atoms. The lowest BCUT2D eigenvalue weighted by Gasteiger charge is -2.07. The van der Waals surface area contributed by atoms with Crippen LogP contribution in [0.2, 0.25) is 0 Å². The van der Waals surface area contributed by atoms with Crippen LogP contribution in [0.15, 0.2) is 23.1 Å². The summed E-state index contributed by atoms with van der Waals surface area (Å²) in [5.74, 6) is 4.92. The van der Waals surface area contributed by atoms with Crippen molar-refractivity contribution in [2.45, 2.75) is 4.90 Å². The van der Waals surface area contributed by atoms with Gasteiger partial charge in [0.1, 0.15) is 5.69 Å². The van der Waals surface area contributed by atoms with Gasteiger partial charge in [-0.05, 0) is 17.3 Å². The number of hydrogen-bond donors (Lipinski definition) is 3. The summed E-state index contributed by atoms with van der Waals surface area (Å²) in [4.78, 5) is 10.9. The zero-order chi connectivity index (χ0) is 15.6. The molecule has 0 saturated carbocycles. The first kappa shape index (κ1) is 14.6. The second kappa shape index (κ2) is 5.29. The molecule has 4 N–H and O–H groups in total. The summed E-state index contributed by atoms with van der Waals surface area (Å²) in [7, 11) is -2.56. The second-order valence-corrected chi connectivity index (χ2v) is 5.47. The second-order valence-electron chi connectivity index (χ2n) is 3.79. The highest BCUT2D eigenvalue weighted by Crippen LogP contribution is 2.27. The van der Waals surface area contributed by atoms with Crippen LogP contribution in [0.5, 0.6) is 0 Å². The van der Waals surface area contributed by atoms with E-state index in [1.54, 1.807) is 0 Å². The van der Waals surface area contributed by atoms with E-state index < -0.39 is 14.9 Å². The number of nitrogens with two attached hydrogens (primary N) is 1. The molecule has 0 aliphatic rings.